The fourth-order valence-corrected chi connectivity index (χ4v) is 2.62. The lowest BCUT2D eigenvalue weighted by Crippen LogP contribution is -2.36. The second kappa shape index (κ2) is 6.64. The van der Waals surface area contributed by atoms with Gasteiger partial charge in [-0.1, -0.05) is 18.2 Å². The Hall–Kier alpha value is -2.30. The molecule has 0 N–H and O–H groups in total. The first-order chi connectivity index (χ1) is 10.8. The molecule has 0 spiro atoms. The van der Waals surface area contributed by atoms with Crippen molar-refractivity contribution in [2.45, 2.75) is 26.2 Å². The molecular formula is C17H20N2O3. The molecule has 1 amide bonds. The number of oxazole rings is 1. The van der Waals surface area contributed by atoms with Gasteiger partial charge in [0.2, 0.25) is 11.6 Å². The molecule has 2 aromatic rings. The third kappa shape index (κ3) is 2.98. The van der Waals surface area contributed by atoms with Crippen molar-refractivity contribution in [3.63, 3.8) is 0 Å². The van der Waals surface area contributed by atoms with Gasteiger partial charge < -0.3 is 14.1 Å². The molecule has 0 aliphatic carbocycles. The number of likely N-dealkylation sites (tertiary alicyclic amines) is 1. The van der Waals surface area contributed by atoms with Gasteiger partial charge in [-0.15, -0.1) is 0 Å². The van der Waals surface area contributed by atoms with E-state index in [0.29, 0.717) is 12.5 Å². The van der Waals surface area contributed by atoms with Crippen molar-refractivity contribution < 1.29 is 13.9 Å². The van der Waals surface area contributed by atoms with Crippen molar-refractivity contribution in [2.24, 2.45) is 0 Å². The topological polar surface area (TPSA) is 55.6 Å². The molecule has 1 fully saturated rings. The number of benzene rings is 1. The Balaban J connectivity index is 1.91. The molecule has 1 aromatic heterocycles. The van der Waals surface area contributed by atoms with Gasteiger partial charge in [0.05, 0.1) is 6.61 Å². The van der Waals surface area contributed by atoms with Gasteiger partial charge in [0.25, 0.3) is 5.91 Å². The molecule has 5 nitrogen and oxygen atoms in total. The molecule has 1 aliphatic rings. The summed E-state index contributed by atoms with van der Waals surface area (Å²) in [5.41, 5.74) is 1.11. The first-order valence-electron chi connectivity index (χ1n) is 7.78. The Kier molecular flexibility index (Phi) is 4.42. The van der Waals surface area contributed by atoms with Crippen LogP contribution in [0.25, 0.3) is 11.5 Å². The van der Waals surface area contributed by atoms with Crippen molar-refractivity contribution in [1.29, 1.82) is 0 Å². The van der Waals surface area contributed by atoms with E-state index in [4.69, 9.17) is 9.15 Å². The third-order valence-electron chi connectivity index (χ3n) is 3.74. The summed E-state index contributed by atoms with van der Waals surface area (Å²) in [6, 6.07) is 9.54. The Labute approximate surface area is 129 Å². The molecule has 22 heavy (non-hydrogen) atoms. The molecule has 1 saturated heterocycles. The van der Waals surface area contributed by atoms with Crippen LogP contribution >= 0.6 is 0 Å². The van der Waals surface area contributed by atoms with Crippen molar-refractivity contribution in [1.82, 2.24) is 9.88 Å². The van der Waals surface area contributed by atoms with E-state index in [1.54, 1.807) is 0 Å². The summed E-state index contributed by atoms with van der Waals surface area (Å²) in [4.78, 5) is 18.9. The zero-order valence-electron chi connectivity index (χ0n) is 12.7. The second-order valence-corrected chi connectivity index (χ2v) is 5.31. The predicted octanol–water partition coefficient (Wildman–Crippen LogP) is 3.37. The average Bonchev–Trinajstić information content (AvgIpc) is 3.00. The van der Waals surface area contributed by atoms with Gasteiger partial charge in [0.15, 0.2) is 0 Å². The summed E-state index contributed by atoms with van der Waals surface area (Å²) in [6.07, 6.45) is 3.26. The van der Waals surface area contributed by atoms with Crippen LogP contribution in [-0.2, 0) is 0 Å². The Bertz CT molecular complexity index is 631. The molecule has 1 aromatic carbocycles. The van der Waals surface area contributed by atoms with E-state index in [2.05, 4.69) is 4.98 Å². The summed E-state index contributed by atoms with van der Waals surface area (Å²) in [5, 5.41) is 0. The number of carbonyl (C=O) groups is 1. The number of ether oxygens (including phenoxy) is 1. The zero-order valence-corrected chi connectivity index (χ0v) is 12.7. The Morgan fingerprint density at radius 1 is 1.23 bits per heavy atom. The number of aromatic nitrogens is 1. The maximum Gasteiger partial charge on any atom is 0.319 e. The minimum Gasteiger partial charge on any atom is -0.464 e. The van der Waals surface area contributed by atoms with E-state index in [1.165, 1.54) is 6.42 Å². The average molecular weight is 300 g/mol. The van der Waals surface area contributed by atoms with Crippen LogP contribution in [0.2, 0.25) is 0 Å². The summed E-state index contributed by atoms with van der Waals surface area (Å²) in [6.45, 7) is 3.85. The molecule has 0 unspecified atom stereocenters. The quantitative estimate of drug-likeness (QED) is 0.868. The highest BCUT2D eigenvalue weighted by atomic mass is 16.6. The lowest BCUT2D eigenvalue weighted by molar-refractivity contribution is 0.0711. The van der Waals surface area contributed by atoms with Crippen LogP contribution in [0, 0.1) is 0 Å². The smallest absolute Gasteiger partial charge is 0.319 e. The summed E-state index contributed by atoms with van der Waals surface area (Å²) in [5.74, 6) is 0.537. The van der Waals surface area contributed by atoms with E-state index in [0.717, 1.165) is 31.5 Å². The summed E-state index contributed by atoms with van der Waals surface area (Å²) < 4.78 is 11.1. The molecule has 0 saturated carbocycles. The first kappa shape index (κ1) is 14.6. The normalized spacial score (nSPS) is 14.9. The molecule has 2 heterocycles. The lowest BCUT2D eigenvalue weighted by Gasteiger charge is -2.25. The van der Waals surface area contributed by atoms with Crippen molar-refractivity contribution in [3.05, 3.63) is 36.0 Å². The molecule has 1 aliphatic heterocycles. The van der Waals surface area contributed by atoms with Crippen molar-refractivity contribution in [2.75, 3.05) is 19.7 Å². The number of amides is 1. The van der Waals surface area contributed by atoms with Crippen LogP contribution < -0.4 is 4.74 Å². The van der Waals surface area contributed by atoms with E-state index >= 15 is 0 Å². The highest BCUT2D eigenvalue weighted by molar-refractivity contribution is 5.95. The monoisotopic (exact) mass is 300 g/mol. The standard InChI is InChI=1S/C17H20N2O3/c1-2-21-17-14(16(20)19-11-7-4-8-12-19)18-15(22-17)13-9-5-3-6-10-13/h3,5-6,9-10H,2,4,7-8,11-12H2,1H3. The zero-order chi connectivity index (χ0) is 15.4. The Morgan fingerprint density at radius 3 is 2.64 bits per heavy atom. The van der Waals surface area contributed by atoms with Crippen LogP contribution in [0.3, 0.4) is 0 Å². The third-order valence-corrected chi connectivity index (χ3v) is 3.74. The summed E-state index contributed by atoms with van der Waals surface area (Å²) >= 11 is 0. The molecule has 0 bridgehead atoms. The van der Waals surface area contributed by atoms with Gasteiger partial charge in [0.1, 0.15) is 0 Å². The number of hydrogen-bond acceptors (Lipinski definition) is 4. The van der Waals surface area contributed by atoms with Gasteiger partial charge in [-0.05, 0) is 38.3 Å². The van der Waals surface area contributed by atoms with Gasteiger partial charge >= 0.3 is 5.95 Å². The molecule has 3 rings (SSSR count). The number of piperidine rings is 1. The SMILES string of the molecule is CCOc1oc(-c2ccccc2)nc1C(=O)N1CCCCC1. The van der Waals surface area contributed by atoms with Gasteiger partial charge in [-0.25, -0.2) is 0 Å². The fourth-order valence-electron chi connectivity index (χ4n) is 2.62. The number of rotatable bonds is 4. The molecule has 116 valence electrons. The van der Waals surface area contributed by atoms with Crippen LogP contribution in [0.15, 0.2) is 34.7 Å². The second-order valence-electron chi connectivity index (χ2n) is 5.31. The fraction of sp³-hybridized carbons (Fsp3) is 0.412. The molecular weight excluding hydrogens is 280 g/mol. The molecule has 0 radical (unpaired) electrons. The van der Waals surface area contributed by atoms with Crippen LogP contribution in [0.4, 0.5) is 0 Å². The van der Waals surface area contributed by atoms with E-state index < -0.39 is 0 Å². The van der Waals surface area contributed by atoms with Gasteiger partial charge in [-0.2, -0.15) is 4.98 Å². The van der Waals surface area contributed by atoms with Gasteiger partial charge in [0, 0.05) is 18.7 Å². The maximum absolute atomic E-state index is 12.7. The van der Waals surface area contributed by atoms with Gasteiger partial charge in [-0.3, -0.25) is 4.79 Å². The predicted molar refractivity (Wildman–Crippen MR) is 82.9 cm³/mol. The Morgan fingerprint density at radius 2 is 1.95 bits per heavy atom. The summed E-state index contributed by atoms with van der Waals surface area (Å²) in [7, 11) is 0. The first-order valence-corrected chi connectivity index (χ1v) is 7.78. The molecule has 0 atom stereocenters. The maximum atomic E-state index is 12.7. The largest absolute Gasteiger partial charge is 0.464 e. The van der Waals surface area contributed by atoms with Crippen molar-refractivity contribution >= 4 is 5.91 Å². The number of hydrogen-bond donors (Lipinski definition) is 0. The number of nitrogens with zero attached hydrogens (tertiary/aromatic N) is 2. The highest BCUT2D eigenvalue weighted by Gasteiger charge is 2.27. The molecule has 5 heteroatoms. The van der Waals surface area contributed by atoms with Crippen LogP contribution in [0.5, 0.6) is 5.95 Å². The van der Waals surface area contributed by atoms with E-state index in [-0.39, 0.29) is 17.5 Å². The van der Waals surface area contributed by atoms with E-state index in [1.807, 2.05) is 42.2 Å². The minimum absolute atomic E-state index is 0.103. The van der Waals surface area contributed by atoms with Crippen molar-refractivity contribution in [3.8, 4) is 17.4 Å². The highest BCUT2D eigenvalue weighted by Crippen LogP contribution is 2.29. The van der Waals surface area contributed by atoms with E-state index in [9.17, 15) is 4.79 Å². The van der Waals surface area contributed by atoms with Crippen LogP contribution in [0.1, 0.15) is 36.7 Å². The number of carbonyl (C=O) groups excluding carboxylic acids is 1. The minimum atomic E-state index is -0.103. The van der Waals surface area contributed by atoms with Crippen LogP contribution in [-0.4, -0.2) is 35.5 Å². The lowest BCUT2D eigenvalue weighted by atomic mass is 10.1.